The minimum Gasteiger partial charge on any atom is -0.347 e. The molecule has 0 aliphatic carbocycles. The Morgan fingerprint density at radius 1 is 0.960 bits per heavy atom. The van der Waals surface area contributed by atoms with E-state index in [9.17, 15) is 9.59 Å². The van der Waals surface area contributed by atoms with E-state index in [0.717, 1.165) is 11.1 Å². The lowest BCUT2D eigenvalue weighted by atomic mass is 10.1. The summed E-state index contributed by atoms with van der Waals surface area (Å²) in [6.07, 6.45) is 2.38. The van der Waals surface area contributed by atoms with Gasteiger partial charge in [0.15, 0.2) is 0 Å². The molecule has 0 unspecified atom stereocenters. The van der Waals surface area contributed by atoms with E-state index in [-0.39, 0.29) is 11.8 Å². The minimum atomic E-state index is -0.133. The van der Waals surface area contributed by atoms with Gasteiger partial charge in [0.25, 0.3) is 0 Å². The van der Waals surface area contributed by atoms with Gasteiger partial charge >= 0.3 is 0 Å². The summed E-state index contributed by atoms with van der Waals surface area (Å²) in [5.41, 5.74) is 3.40. The van der Waals surface area contributed by atoms with Gasteiger partial charge in [-0.2, -0.15) is 0 Å². The number of carbonyl (C=O) groups excluding carboxylic acids is 2. The lowest BCUT2D eigenvalue weighted by molar-refractivity contribution is -0.116. The first-order chi connectivity index (χ1) is 12.0. The molecule has 0 fully saturated rings. The molecule has 0 aliphatic heterocycles. The fourth-order valence-electron chi connectivity index (χ4n) is 2.87. The number of hydrogen-bond donors (Lipinski definition) is 2. The van der Waals surface area contributed by atoms with Gasteiger partial charge < -0.3 is 15.2 Å². The Hall–Kier alpha value is -3.08. The van der Waals surface area contributed by atoms with Crippen LogP contribution in [-0.4, -0.2) is 16.4 Å². The number of fused-ring (bicyclic) bond motifs is 1. The summed E-state index contributed by atoms with van der Waals surface area (Å²) in [6, 6.07) is 15.6. The number of aryl methyl sites for hydroxylation is 1. The molecular weight excluding hydrogens is 314 g/mol. The Morgan fingerprint density at radius 3 is 2.44 bits per heavy atom. The topological polar surface area (TPSA) is 63.1 Å². The summed E-state index contributed by atoms with van der Waals surface area (Å²) in [4.78, 5) is 23.6. The van der Waals surface area contributed by atoms with Gasteiger partial charge in [-0.15, -0.1) is 0 Å². The largest absolute Gasteiger partial charge is 0.347 e. The zero-order valence-electron chi connectivity index (χ0n) is 14.4. The molecule has 5 nitrogen and oxygen atoms in total. The molecule has 0 aliphatic rings. The van der Waals surface area contributed by atoms with Crippen molar-refractivity contribution in [2.45, 2.75) is 26.8 Å². The Kier molecular flexibility index (Phi) is 4.84. The van der Waals surface area contributed by atoms with E-state index in [1.165, 1.54) is 12.3 Å². The fourth-order valence-corrected chi connectivity index (χ4v) is 2.87. The van der Waals surface area contributed by atoms with Gasteiger partial charge in [-0.25, -0.2) is 0 Å². The number of amides is 2. The van der Waals surface area contributed by atoms with Gasteiger partial charge in [0.1, 0.15) is 0 Å². The Morgan fingerprint density at radius 2 is 1.68 bits per heavy atom. The van der Waals surface area contributed by atoms with Crippen molar-refractivity contribution in [1.29, 1.82) is 0 Å². The first kappa shape index (κ1) is 16.8. The van der Waals surface area contributed by atoms with Crippen molar-refractivity contribution < 1.29 is 9.59 Å². The smallest absolute Gasteiger partial charge is 0.226 e. The van der Waals surface area contributed by atoms with Crippen LogP contribution in [0.1, 0.15) is 18.9 Å². The van der Waals surface area contributed by atoms with Gasteiger partial charge in [0.2, 0.25) is 11.8 Å². The van der Waals surface area contributed by atoms with Crippen LogP contribution in [0.3, 0.4) is 0 Å². The van der Waals surface area contributed by atoms with E-state index in [4.69, 9.17) is 0 Å². The third-order valence-electron chi connectivity index (χ3n) is 4.18. The second-order valence-electron chi connectivity index (χ2n) is 6.03. The van der Waals surface area contributed by atoms with E-state index in [1.807, 2.05) is 55.6 Å². The number of hydrogen-bond acceptors (Lipinski definition) is 2. The normalized spacial score (nSPS) is 10.6. The SMILES string of the molecule is CC(=O)Nc1cccc(NC(=O)CCn2ccc3ccccc32)c1C. The molecule has 2 N–H and O–H groups in total. The second kappa shape index (κ2) is 7.21. The van der Waals surface area contributed by atoms with Crippen LogP contribution in [-0.2, 0) is 16.1 Å². The van der Waals surface area contributed by atoms with Gasteiger partial charge in [-0.05, 0) is 42.1 Å². The number of carbonyl (C=O) groups is 2. The zero-order valence-corrected chi connectivity index (χ0v) is 14.4. The van der Waals surface area contributed by atoms with E-state index >= 15 is 0 Å². The van der Waals surface area contributed by atoms with Crippen molar-refractivity contribution in [3.05, 3.63) is 60.3 Å². The molecule has 3 rings (SSSR count). The molecule has 0 saturated carbocycles. The maximum atomic E-state index is 12.3. The third kappa shape index (κ3) is 3.88. The summed E-state index contributed by atoms with van der Waals surface area (Å²) in [6.45, 7) is 3.95. The Labute approximate surface area is 146 Å². The predicted octanol–water partition coefficient (Wildman–Crippen LogP) is 3.94. The molecule has 2 aromatic carbocycles. The monoisotopic (exact) mass is 335 g/mol. The van der Waals surface area contributed by atoms with Crippen molar-refractivity contribution >= 4 is 34.1 Å². The third-order valence-corrected chi connectivity index (χ3v) is 4.18. The summed E-state index contributed by atoms with van der Waals surface area (Å²) < 4.78 is 2.08. The van der Waals surface area contributed by atoms with Crippen LogP contribution in [0.2, 0.25) is 0 Å². The van der Waals surface area contributed by atoms with Crippen molar-refractivity contribution in [2.75, 3.05) is 10.6 Å². The van der Waals surface area contributed by atoms with Crippen molar-refractivity contribution in [3.63, 3.8) is 0 Å². The number of aromatic nitrogens is 1. The highest BCUT2D eigenvalue weighted by molar-refractivity contribution is 5.95. The van der Waals surface area contributed by atoms with Crippen molar-refractivity contribution in [1.82, 2.24) is 4.57 Å². The lowest BCUT2D eigenvalue weighted by Gasteiger charge is -2.13. The first-order valence-corrected chi connectivity index (χ1v) is 8.25. The molecule has 1 heterocycles. The summed E-state index contributed by atoms with van der Waals surface area (Å²) in [5, 5.41) is 6.87. The minimum absolute atomic E-state index is 0.0548. The molecular formula is C20H21N3O2. The van der Waals surface area contributed by atoms with E-state index in [0.29, 0.717) is 24.3 Å². The zero-order chi connectivity index (χ0) is 17.8. The number of anilines is 2. The quantitative estimate of drug-likeness (QED) is 0.742. The Balaban J connectivity index is 1.66. The average molecular weight is 335 g/mol. The number of benzene rings is 2. The van der Waals surface area contributed by atoms with Crippen LogP contribution in [0.5, 0.6) is 0 Å². The van der Waals surface area contributed by atoms with Crippen LogP contribution in [0.15, 0.2) is 54.7 Å². The molecule has 25 heavy (non-hydrogen) atoms. The van der Waals surface area contributed by atoms with Gasteiger partial charge in [0, 0.05) is 43.0 Å². The van der Waals surface area contributed by atoms with Crippen molar-refractivity contribution in [3.8, 4) is 0 Å². The molecule has 1 aromatic heterocycles. The summed E-state index contributed by atoms with van der Waals surface area (Å²) in [7, 11) is 0. The second-order valence-corrected chi connectivity index (χ2v) is 6.03. The van der Waals surface area contributed by atoms with E-state index < -0.39 is 0 Å². The predicted molar refractivity (Wildman–Crippen MR) is 101 cm³/mol. The highest BCUT2D eigenvalue weighted by Gasteiger charge is 2.09. The maximum absolute atomic E-state index is 12.3. The van der Waals surface area contributed by atoms with Crippen molar-refractivity contribution in [2.24, 2.45) is 0 Å². The lowest BCUT2D eigenvalue weighted by Crippen LogP contribution is -2.16. The summed E-state index contributed by atoms with van der Waals surface area (Å²) >= 11 is 0. The van der Waals surface area contributed by atoms with Gasteiger partial charge in [-0.1, -0.05) is 24.3 Å². The molecule has 5 heteroatoms. The van der Waals surface area contributed by atoms with E-state index in [1.54, 1.807) is 0 Å². The van der Waals surface area contributed by atoms with Gasteiger partial charge in [0.05, 0.1) is 0 Å². The fraction of sp³-hybridized carbons (Fsp3) is 0.200. The van der Waals surface area contributed by atoms with Crippen LogP contribution in [0, 0.1) is 6.92 Å². The molecule has 3 aromatic rings. The molecule has 0 bridgehead atoms. The molecule has 128 valence electrons. The number of rotatable bonds is 5. The van der Waals surface area contributed by atoms with Gasteiger partial charge in [-0.3, -0.25) is 9.59 Å². The number of nitrogens with zero attached hydrogens (tertiary/aromatic N) is 1. The van der Waals surface area contributed by atoms with Crippen LogP contribution in [0.25, 0.3) is 10.9 Å². The number of nitrogens with one attached hydrogen (secondary N) is 2. The molecule has 0 atom stereocenters. The maximum Gasteiger partial charge on any atom is 0.226 e. The van der Waals surface area contributed by atoms with Crippen LogP contribution in [0.4, 0.5) is 11.4 Å². The average Bonchev–Trinajstić information content (AvgIpc) is 2.99. The first-order valence-electron chi connectivity index (χ1n) is 8.25. The highest BCUT2D eigenvalue weighted by Crippen LogP contribution is 2.23. The number of para-hydroxylation sites is 1. The van der Waals surface area contributed by atoms with Crippen LogP contribution >= 0.6 is 0 Å². The van der Waals surface area contributed by atoms with Crippen LogP contribution < -0.4 is 10.6 Å². The standard InChI is InChI=1S/C20H21N3O2/c1-14-17(21-15(2)24)7-5-8-18(14)22-20(25)11-13-23-12-10-16-6-3-4-9-19(16)23/h3-10,12H,11,13H2,1-2H3,(H,21,24)(H,22,25). The summed E-state index contributed by atoms with van der Waals surface area (Å²) in [5.74, 6) is -0.188. The molecule has 0 spiro atoms. The molecule has 2 amide bonds. The molecule has 0 saturated heterocycles. The molecule has 0 radical (unpaired) electrons. The van der Waals surface area contributed by atoms with E-state index in [2.05, 4.69) is 21.3 Å². The highest BCUT2D eigenvalue weighted by atomic mass is 16.2. The Bertz CT molecular complexity index is 928.